The van der Waals surface area contributed by atoms with Crippen molar-refractivity contribution in [1.29, 1.82) is 0 Å². The van der Waals surface area contributed by atoms with Crippen LogP contribution < -0.4 is 10.9 Å². The molecule has 0 bridgehead atoms. The molecule has 6 nitrogen and oxygen atoms in total. The Balaban J connectivity index is 0.000000336. The van der Waals surface area contributed by atoms with Crippen LogP contribution in [0.5, 0.6) is 0 Å². The van der Waals surface area contributed by atoms with Crippen LogP contribution in [-0.2, 0) is 28.7 Å². The number of aromatic nitrogens is 2. The minimum atomic E-state index is -4.82. The monoisotopic (exact) mass is 397 g/mol. The molecule has 2 heterocycles. The molecular weight excluding hydrogens is 375 g/mol. The molecule has 0 amide bonds. The Kier molecular flexibility index (Phi) is 7.19. The number of anilines is 1. The number of esters is 1. The molecule has 0 fully saturated rings. The van der Waals surface area contributed by atoms with E-state index in [1.807, 2.05) is 18.2 Å². The zero-order valence-electron chi connectivity index (χ0n) is 15.7. The molecular formula is C19H22F3N3O3. The van der Waals surface area contributed by atoms with E-state index in [1.54, 1.807) is 0 Å². The molecule has 2 aromatic rings. The maximum Gasteiger partial charge on any atom is 0.449 e. The number of aryl methyl sites for hydroxylation is 2. The number of hydrogen-bond donors (Lipinski definition) is 1. The van der Waals surface area contributed by atoms with Crippen LogP contribution in [0.1, 0.15) is 30.4 Å². The maximum absolute atomic E-state index is 13.0. The van der Waals surface area contributed by atoms with E-state index in [0.29, 0.717) is 24.0 Å². The van der Waals surface area contributed by atoms with E-state index in [-0.39, 0.29) is 18.0 Å². The summed E-state index contributed by atoms with van der Waals surface area (Å²) in [6.07, 6.45) is -3.93. The number of benzene rings is 1. The van der Waals surface area contributed by atoms with E-state index < -0.39 is 30.1 Å². The van der Waals surface area contributed by atoms with Gasteiger partial charge in [-0.1, -0.05) is 35.9 Å². The number of nitrogens with zero attached hydrogens (tertiary/aromatic N) is 2. The summed E-state index contributed by atoms with van der Waals surface area (Å²) in [4.78, 5) is 27.1. The molecule has 1 aromatic heterocycles. The minimum absolute atomic E-state index is 0.0194. The molecule has 0 radical (unpaired) electrons. The molecule has 0 spiro atoms. The fourth-order valence-corrected chi connectivity index (χ4v) is 2.66. The first-order chi connectivity index (χ1) is 13.2. The lowest BCUT2D eigenvalue weighted by Gasteiger charge is -2.21. The van der Waals surface area contributed by atoms with Crippen molar-refractivity contribution in [2.75, 3.05) is 18.5 Å². The van der Waals surface area contributed by atoms with Crippen molar-refractivity contribution < 1.29 is 22.7 Å². The highest BCUT2D eigenvalue weighted by molar-refractivity contribution is 5.69. The summed E-state index contributed by atoms with van der Waals surface area (Å²) in [6.45, 7) is 3.29. The Bertz CT molecular complexity index is 864. The lowest BCUT2D eigenvalue weighted by atomic mass is 10.1. The second-order valence-corrected chi connectivity index (χ2v) is 6.14. The summed E-state index contributed by atoms with van der Waals surface area (Å²) in [7, 11) is 0. The van der Waals surface area contributed by atoms with Gasteiger partial charge >= 0.3 is 12.1 Å². The van der Waals surface area contributed by atoms with Gasteiger partial charge in [-0.15, -0.1) is 0 Å². The van der Waals surface area contributed by atoms with E-state index in [0.717, 1.165) is 0 Å². The number of carbonyl (C=O) groups is 1. The van der Waals surface area contributed by atoms with Gasteiger partial charge in [-0.25, -0.2) is 4.98 Å². The molecule has 9 heteroatoms. The van der Waals surface area contributed by atoms with Gasteiger partial charge in [0.25, 0.3) is 5.56 Å². The Morgan fingerprint density at radius 2 is 1.96 bits per heavy atom. The second-order valence-electron chi connectivity index (χ2n) is 6.14. The smallest absolute Gasteiger partial charge is 0.449 e. The second kappa shape index (κ2) is 9.38. The number of rotatable bonds is 3. The van der Waals surface area contributed by atoms with E-state index in [1.165, 1.54) is 12.5 Å². The maximum atomic E-state index is 13.0. The van der Waals surface area contributed by atoms with Gasteiger partial charge in [-0.3, -0.25) is 14.2 Å². The molecule has 0 unspecified atom stereocenters. The first-order valence-corrected chi connectivity index (χ1v) is 8.86. The molecule has 0 saturated heterocycles. The van der Waals surface area contributed by atoms with E-state index in [2.05, 4.69) is 34.1 Å². The lowest BCUT2D eigenvalue weighted by molar-refractivity contribution is -0.152. The van der Waals surface area contributed by atoms with Crippen LogP contribution in [0.3, 0.4) is 0 Å². The van der Waals surface area contributed by atoms with Gasteiger partial charge < -0.3 is 10.1 Å². The summed E-state index contributed by atoms with van der Waals surface area (Å²) in [5.74, 6) is -2.29. The van der Waals surface area contributed by atoms with Crippen LogP contribution >= 0.6 is 0 Å². The first-order valence-electron chi connectivity index (χ1n) is 8.86. The summed E-state index contributed by atoms with van der Waals surface area (Å²) in [5.41, 5.74) is 0.528. The number of nitrogens with one attached hydrogen (secondary N) is 1. The van der Waals surface area contributed by atoms with Crippen molar-refractivity contribution >= 4 is 11.7 Å². The molecule has 1 aromatic carbocycles. The van der Waals surface area contributed by atoms with Crippen molar-refractivity contribution in [2.24, 2.45) is 0 Å². The van der Waals surface area contributed by atoms with E-state index in [9.17, 15) is 22.8 Å². The zero-order chi connectivity index (χ0) is 20.7. The van der Waals surface area contributed by atoms with Crippen LogP contribution in [0.4, 0.5) is 18.9 Å². The van der Waals surface area contributed by atoms with E-state index in [4.69, 9.17) is 0 Å². The largest absolute Gasteiger partial charge is 0.465 e. The third kappa shape index (κ3) is 5.58. The average Bonchev–Trinajstić information content (AvgIpc) is 2.64. The number of hydrogen-bond acceptors (Lipinski definition) is 5. The molecule has 1 aliphatic heterocycles. The number of alkyl halides is 3. The summed E-state index contributed by atoms with van der Waals surface area (Å²) < 4.78 is 44.0. The third-order valence-corrected chi connectivity index (χ3v) is 3.92. The van der Waals surface area contributed by atoms with Crippen molar-refractivity contribution in [3.8, 4) is 0 Å². The Labute approximate surface area is 160 Å². The molecule has 0 saturated carbocycles. The van der Waals surface area contributed by atoms with E-state index >= 15 is 0 Å². The molecule has 3 rings (SSSR count). The SMILES string of the molecule is CCOC(=O)Cn1c(C(F)(F)F)nc2c(c1=O)NCCC2.Cc1ccccc1. The van der Waals surface area contributed by atoms with Gasteiger partial charge in [-0.2, -0.15) is 13.2 Å². The van der Waals surface area contributed by atoms with Crippen molar-refractivity contribution in [2.45, 2.75) is 39.4 Å². The van der Waals surface area contributed by atoms with Crippen LogP contribution in [-0.4, -0.2) is 28.7 Å². The van der Waals surface area contributed by atoms with Crippen LogP contribution in [0.25, 0.3) is 0 Å². The fraction of sp³-hybridized carbons (Fsp3) is 0.421. The van der Waals surface area contributed by atoms with Crippen molar-refractivity contribution in [3.05, 3.63) is 57.8 Å². The Morgan fingerprint density at radius 1 is 1.29 bits per heavy atom. The highest BCUT2D eigenvalue weighted by Gasteiger charge is 2.39. The van der Waals surface area contributed by atoms with Gasteiger partial charge in [0.05, 0.1) is 12.3 Å². The normalized spacial score (nSPS) is 12.9. The summed E-state index contributed by atoms with van der Waals surface area (Å²) >= 11 is 0. The molecule has 0 atom stereocenters. The predicted molar refractivity (Wildman–Crippen MR) is 98.1 cm³/mol. The number of fused-ring (bicyclic) bond motifs is 1. The average molecular weight is 397 g/mol. The van der Waals surface area contributed by atoms with Gasteiger partial charge in [0.2, 0.25) is 5.82 Å². The van der Waals surface area contributed by atoms with Crippen molar-refractivity contribution in [3.63, 3.8) is 0 Å². The Morgan fingerprint density at radius 3 is 2.50 bits per heavy atom. The van der Waals surface area contributed by atoms with Crippen molar-refractivity contribution in [1.82, 2.24) is 9.55 Å². The summed E-state index contributed by atoms with van der Waals surface area (Å²) in [5, 5.41) is 2.74. The predicted octanol–water partition coefficient (Wildman–Crippen LogP) is 3.18. The zero-order valence-corrected chi connectivity index (χ0v) is 15.7. The molecule has 28 heavy (non-hydrogen) atoms. The van der Waals surface area contributed by atoms with Gasteiger partial charge in [0.15, 0.2) is 0 Å². The third-order valence-electron chi connectivity index (χ3n) is 3.92. The van der Waals surface area contributed by atoms with Gasteiger partial charge in [-0.05, 0) is 26.7 Å². The minimum Gasteiger partial charge on any atom is -0.465 e. The molecule has 1 N–H and O–H groups in total. The molecule has 0 aliphatic carbocycles. The lowest BCUT2D eigenvalue weighted by Crippen LogP contribution is -2.37. The molecule has 152 valence electrons. The number of ether oxygens (including phenoxy) is 1. The number of carbonyl (C=O) groups excluding carboxylic acids is 1. The highest BCUT2D eigenvalue weighted by atomic mass is 19.4. The van der Waals surface area contributed by atoms with Gasteiger partial charge in [0.1, 0.15) is 12.2 Å². The fourth-order valence-electron chi connectivity index (χ4n) is 2.66. The first kappa shape index (κ1) is 21.5. The van der Waals surface area contributed by atoms with Crippen LogP contribution in [0.15, 0.2) is 35.1 Å². The quantitative estimate of drug-likeness (QED) is 0.806. The van der Waals surface area contributed by atoms with Crippen LogP contribution in [0, 0.1) is 6.92 Å². The molecule has 1 aliphatic rings. The van der Waals surface area contributed by atoms with Crippen LogP contribution in [0.2, 0.25) is 0 Å². The summed E-state index contributed by atoms with van der Waals surface area (Å²) in [6, 6.07) is 10.3. The number of halogens is 3. The van der Waals surface area contributed by atoms with Gasteiger partial charge in [0, 0.05) is 6.54 Å². The topological polar surface area (TPSA) is 73.2 Å². The highest BCUT2D eigenvalue weighted by Crippen LogP contribution is 2.29. The standard InChI is InChI=1S/C12H14F3N3O3.C7H8/c1-2-21-8(19)6-18-10(20)9-7(4-3-5-16-9)17-11(18)12(13,14)15;1-7-5-3-2-4-6-7/h16H,2-6H2,1H3;2-6H,1H3. The Hall–Kier alpha value is -2.84.